The molecule has 2 heteroatoms. The summed E-state index contributed by atoms with van der Waals surface area (Å²) in [7, 11) is 0. The van der Waals surface area contributed by atoms with E-state index in [0.717, 1.165) is 23.5 Å². The van der Waals surface area contributed by atoms with Crippen molar-refractivity contribution in [3.63, 3.8) is 0 Å². The monoisotopic (exact) mass is 742 g/mol. The molecule has 0 saturated carbocycles. The largest absolute Gasteiger partial charge is 0.334 e. The lowest BCUT2D eigenvalue weighted by atomic mass is 9.68. The van der Waals surface area contributed by atoms with Crippen LogP contribution in [-0.4, -0.2) is 6.04 Å². The first-order valence-electron chi connectivity index (χ1n) is 20.8. The van der Waals surface area contributed by atoms with Crippen LogP contribution in [-0.2, 0) is 0 Å². The summed E-state index contributed by atoms with van der Waals surface area (Å²) >= 11 is 0. The van der Waals surface area contributed by atoms with E-state index in [1.54, 1.807) is 0 Å². The molecule has 0 saturated heterocycles. The average Bonchev–Trinajstić information content (AvgIpc) is 3.27. The fourth-order valence-corrected chi connectivity index (χ4v) is 8.96. The molecule has 8 rings (SSSR count). The van der Waals surface area contributed by atoms with Crippen molar-refractivity contribution in [2.75, 3.05) is 9.80 Å². The molecule has 0 aliphatic heterocycles. The number of nitrogens with zero attached hydrogens (tertiary/aromatic N) is 2. The van der Waals surface area contributed by atoms with Gasteiger partial charge in [0.2, 0.25) is 0 Å². The lowest BCUT2D eigenvalue weighted by Gasteiger charge is -2.44. The highest BCUT2D eigenvalue weighted by Crippen LogP contribution is 2.43. The third kappa shape index (κ3) is 8.82. The second-order valence-electron chi connectivity index (χ2n) is 16.0. The quantitative estimate of drug-likeness (QED) is 0.0910. The van der Waals surface area contributed by atoms with E-state index in [0.29, 0.717) is 35.6 Å². The molecule has 0 bridgehead atoms. The molecular weight excluding hydrogens is 689 g/mol. The molecule has 2 aliphatic carbocycles. The highest BCUT2D eigenvalue weighted by Gasteiger charge is 2.37. The molecule has 284 valence electrons. The van der Waals surface area contributed by atoms with Crippen molar-refractivity contribution in [3.8, 4) is 0 Å². The van der Waals surface area contributed by atoms with E-state index in [-0.39, 0.29) is 0 Å². The van der Waals surface area contributed by atoms with Crippen molar-refractivity contribution in [2.24, 2.45) is 29.6 Å². The molecule has 0 aromatic heterocycles. The summed E-state index contributed by atoms with van der Waals surface area (Å²) in [5, 5.41) is 0. The van der Waals surface area contributed by atoms with Crippen LogP contribution in [0.25, 0.3) is 17.7 Å². The molecule has 0 fully saturated rings. The van der Waals surface area contributed by atoms with E-state index in [2.05, 4.69) is 243 Å². The number of anilines is 5. The van der Waals surface area contributed by atoms with Crippen molar-refractivity contribution >= 4 is 46.2 Å². The Labute approximate surface area is 340 Å². The van der Waals surface area contributed by atoms with Gasteiger partial charge in [-0.15, -0.1) is 0 Å². The van der Waals surface area contributed by atoms with Crippen LogP contribution in [0.1, 0.15) is 50.3 Å². The van der Waals surface area contributed by atoms with Gasteiger partial charge in [-0.25, -0.2) is 0 Å². The third-order valence-electron chi connectivity index (χ3n) is 12.3. The van der Waals surface area contributed by atoms with Crippen molar-refractivity contribution in [2.45, 2.75) is 39.7 Å². The zero-order valence-electron chi connectivity index (χ0n) is 33.5. The van der Waals surface area contributed by atoms with Gasteiger partial charge >= 0.3 is 0 Å². The molecule has 2 nitrogen and oxygen atoms in total. The minimum atomic E-state index is 0.318. The first kappa shape index (κ1) is 37.8. The normalized spacial score (nSPS) is 20.9. The van der Waals surface area contributed by atoms with Crippen molar-refractivity contribution in [1.82, 2.24) is 0 Å². The van der Waals surface area contributed by atoms with E-state index in [1.165, 1.54) is 40.1 Å². The lowest BCUT2D eigenvalue weighted by molar-refractivity contribution is 0.195. The van der Waals surface area contributed by atoms with E-state index >= 15 is 0 Å². The zero-order valence-corrected chi connectivity index (χ0v) is 33.5. The smallest absolute Gasteiger partial charge is 0.0550 e. The van der Waals surface area contributed by atoms with E-state index < -0.39 is 0 Å². The van der Waals surface area contributed by atoms with Crippen LogP contribution in [0.3, 0.4) is 0 Å². The van der Waals surface area contributed by atoms with Crippen LogP contribution < -0.4 is 9.80 Å². The number of para-hydroxylation sites is 4. The van der Waals surface area contributed by atoms with Crippen molar-refractivity contribution in [3.05, 3.63) is 217 Å². The maximum absolute atomic E-state index is 2.54. The fraction of sp³-hybridized carbons (Fsp3) is 0.200. The summed E-state index contributed by atoms with van der Waals surface area (Å²) in [6.45, 7) is 7.41. The number of allylic oxidation sites excluding steroid dienone is 5. The molecule has 0 radical (unpaired) electrons. The molecule has 57 heavy (non-hydrogen) atoms. The second-order valence-corrected chi connectivity index (χ2v) is 16.0. The van der Waals surface area contributed by atoms with Gasteiger partial charge in [0.05, 0.1) is 6.04 Å². The summed E-state index contributed by atoms with van der Waals surface area (Å²) < 4.78 is 0. The van der Waals surface area contributed by atoms with Gasteiger partial charge in [0.1, 0.15) is 0 Å². The Morgan fingerprint density at radius 1 is 0.526 bits per heavy atom. The van der Waals surface area contributed by atoms with Crippen LogP contribution in [0.4, 0.5) is 28.4 Å². The van der Waals surface area contributed by atoms with Gasteiger partial charge in [-0.05, 0) is 125 Å². The Morgan fingerprint density at radius 2 is 1.00 bits per heavy atom. The Hall–Kier alpha value is -6.12. The molecule has 0 heterocycles. The van der Waals surface area contributed by atoms with Crippen LogP contribution in [0.2, 0.25) is 0 Å². The first-order valence-corrected chi connectivity index (χ1v) is 20.8. The Morgan fingerprint density at radius 3 is 1.49 bits per heavy atom. The summed E-state index contributed by atoms with van der Waals surface area (Å²) in [5.41, 5.74) is 10.9. The van der Waals surface area contributed by atoms with Gasteiger partial charge < -0.3 is 9.80 Å². The Kier molecular flexibility index (Phi) is 11.8. The van der Waals surface area contributed by atoms with E-state index in [9.17, 15) is 0 Å². The number of rotatable bonds is 12. The van der Waals surface area contributed by atoms with Gasteiger partial charge in [0.25, 0.3) is 0 Å². The molecular formula is C55H54N2. The van der Waals surface area contributed by atoms with Crippen molar-refractivity contribution in [1.29, 1.82) is 0 Å². The molecule has 0 amide bonds. The maximum atomic E-state index is 2.54. The van der Waals surface area contributed by atoms with Crippen molar-refractivity contribution < 1.29 is 0 Å². The second kappa shape index (κ2) is 17.8. The minimum Gasteiger partial charge on any atom is -0.334 e. The highest BCUT2D eigenvalue weighted by molar-refractivity contribution is 5.79. The minimum absolute atomic E-state index is 0.318. The molecule has 6 unspecified atom stereocenters. The van der Waals surface area contributed by atoms with E-state index in [4.69, 9.17) is 0 Å². The summed E-state index contributed by atoms with van der Waals surface area (Å²) in [4.78, 5) is 4.82. The summed E-state index contributed by atoms with van der Waals surface area (Å²) in [6, 6.07) is 61.0. The third-order valence-corrected chi connectivity index (χ3v) is 12.3. The van der Waals surface area contributed by atoms with Gasteiger partial charge in [-0.3, -0.25) is 0 Å². The Balaban J connectivity index is 0.872. The number of hydrogen-bond donors (Lipinski definition) is 0. The molecule has 6 atom stereocenters. The molecule has 2 aliphatic rings. The molecule has 6 aromatic rings. The molecule has 6 aromatic carbocycles. The fourth-order valence-electron chi connectivity index (χ4n) is 8.96. The lowest BCUT2D eigenvalue weighted by Crippen LogP contribution is -2.43. The van der Waals surface area contributed by atoms with Gasteiger partial charge in [0, 0.05) is 28.4 Å². The summed E-state index contributed by atoms with van der Waals surface area (Å²) in [6.07, 6.45) is 19.0. The average molecular weight is 743 g/mol. The SMILES string of the molecule is CC(CC1C=CC(c2ccc(/C=C/c3ccc(N(c4ccccc4)c4ccccc4)cc3)cc2)=CC1)C1C=CC(N(c2ccccc2)c2ccccc2)C(C)C1C. The zero-order chi connectivity index (χ0) is 39.0. The predicted octanol–water partition coefficient (Wildman–Crippen LogP) is 15.0. The first-order chi connectivity index (χ1) is 28.0. The van der Waals surface area contributed by atoms with E-state index in [1.807, 2.05) is 0 Å². The van der Waals surface area contributed by atoms with Gasteiger partial charge in [-0.1, -0.05) is 172 Å². The predicted molar refractivity (Wildman–Crippen MR) is 245 cm³/mol. The summed E-state index contributed by atoms with van der Waals surface area (Å²) in [5.74, 6) is 2.86. The topological polar surface area (TPSA) is 6.48 Å². The standard InChI is InChI=1S/C55H54N2/c1-41(54-38-39-55(43(3)42(54)2)57(51-20-12-6-13-21-51)52-22-14-7-15-23-52)40-46-28-34-48(35-29-46)47-32-26-44(27-33-47)24-25-45-30-36-53(37-31-45)56(49-16-8-4-9-17-49)50-18-10-5-11-19-50/h4-28,30-39,41-43,46,54-55H,29,40H2,1-3H3/b25-24+. The van der Waals surface area contributed by atoms with Crippen LogP contribution >= 0.6 is 0 Å². The van der Waals surface area contributed by atoms with Gasteiger partial charge in [-0.2, -0.15) is 0 Å². The number of benzene rings is 6. The van der Waals surface area contributed by atoms with Crippen LogP contribution in [0, 0.1) is 29.6 Å². The Bertz CT molecular complexity index is 2210. The maximum Gasteiger partial charge on any atom is 0.0550 e. The molecule has 0 spiro atoms. The number of hydrogen-bond acceptors (Lipinski definition) is 2. The van der Waals surface area contributed by atoms with Crippen LogP contribution in [0.15, 0.2) is 200 Å². The highest BCUT2D eigenvalue weighted by atomic mass is 15.2. The van der Waals surface area contributed by atoms with Crippen LogP contribution in [0.5, 0.6) is 0 Å². The molecule has 0 N–H and O–H groups in total. The van der Waals surface area contributed by atoms with Gasteiger partial charge in [0.15, 0.2) is 0 Å².